The highest BCUT2D eigenvalue weighted by Crippen LogP contribution is 2.24. The van der Waals surface area contributed by atoms with Crippen LogP contribution in [0.25, 0.3) is 0 Å². The van der Waals surface area contributed by atoms with E-state index in [2.05, 4.69) is 38.7 Å². The summed E-state index contributed by atoms with van der Waals surface area (Å²) in [5, 5.41) is 25.0. The number of nitriles is 2. The summed E-state index contributed by atoms with van der Waals surface area (Å²) >= 11 is 3.36. The minimum absolute atomic E-state index is 0. The number of amides is 1. The second kappa shape index (κ2) is 8.53. The second-order valence-electron chi connectivity index (χ2n) is 6.16. The van der Waals surface area contributed by atoms with Crippen molar-refractivity contribution in [1.29, 1.82) is 10.5 Å². The average molecular weight is 425 g/mol. The van der Waals surface area contributed by atoms with E-state index in [1.165, 1.54) is 0 Å². The topological polar surface area (TPSA) is 91.9 Å². The largest absolute Gasteiger partial charge is 0.380 e. The molecule has 3 atom stereocenters. The fraction of sp³-hybridized carbons (Fsp3) is 0.471. The maximum atomic E-state index is 12.6. The molecule has 2 heterocycles. The van der Waals surface area contributed by atoms with Gasteiger partial charge in [-0.2, -0.15) is 10.5 Å². The number of rotatable bonds is 3. The van der Waals surface area contributed by atoms with E-state index in [0.29, 0.717) is 25.1 Å². The fourth-order valence-corrected chi connectivity index (χ4v) is 3.71. The number of nitrogens with one attached hydrogen (secondary N) is 2. The predicted molar refractivity (Wildman–Crippen MR) is 100 cm³/mol. The number of hydrogen-bond donors (Lipinski definition) is 2. The Labute approximate surface area is 161 Å². The summed E-state index contributed by atoms with van der Waals surface area (Å²) in [7, 11) is 0. The summed E-state index contributed by atoms with van der Waals surface area (Å²) in [5.74, 6) is 0.0136. The van der Waals surface area contributed by atoms with Crippen LogP contribution in [0.2, 0.25) is 0 Å². The highest BCUT2D eigenvalue weighted by atomic mass is 79.9. The molecular weight excluding hydrogens is 406 g/mol. The van der Waals surface area contributed by atoms with Crippen LogP contribution in [0.3, 0.4) is 0 Å². The summed E-state index contributed by atoms with van der Waals surface area (Å²) in [6.45, 7) is 1.32. The highest BCUT2D eigenvalue weighted by molar-refractivity contribution is 9.10. The lowest BCUT2D eigenvalue weighted by Gasteiger charge is -2.23. The number of carbonyl (C=O) groups excluding carboxylic acids is 1. The number of likely N-dealkylation sites (tertiary alicyclic amines) is 1. The highest BCUT2D eigenvalue weighted by Gasteiger charge is 2.37. The van der Waals surface area contributed by atoms with Crippen LogP contribution in [0.1, 0.15) is 24.8 Å². The van der Waals surface area contributed by atoms with Crippen LogP contribution in [0.15, 0.2) is 22.7 Å². The lowest BCUT2D eigenvalue weighted by atomic mass is 10.1. The molecule has 0 bridgehead atoms. The Morgan fingerprint density at radius 3 is 2.92 bits per heavy atom. The van der Waals surface area contributed by atoms with Crippen molar-refractivity contribution in [2.45, 2.75) is 37.4 Å². The molecule has 1 amide bonds. The molecule has 2 saturated heterocycles. The maximum Gasteiger partial charge on any atom is 0.240 e. The molecule has 0 saturated carbocycles. The first kappa shape index (κ1) is 19.5. The van der Waals surface area contributed by atoms with Gasteiger partial charge in [0.25, 0.3) is 0 Å². The molecule has 0 aliphatic carbocycles. The van der Waals surface area contributed by atoms with Crippen molar-refractivity contribution in [3.8, 4) is 12.1 Å². The number of carbonyl (C=O) groups is 1. The second-order valence-corrected chi connectivity index (χ2v) is 7.07. The Kier molecular flexibility index (Phi) is 6.66. The van der Waals surface area contributed by atoms with Gasteiger partial charge >= 0.3 is 0 Å². The van der Waals surface area contributed by atoms with Gasteiger partial charge in [-0.1, -0.05) is 15.9 Å². The first-order valence-electron chi connectivity index (χ1n) is 8.02. The quantitative estimate of drug-likeness (QED) is 0.777. The number of hydrogen-bond acceptors (Lipinski definition) is 5. The SMILES string of the molecule is Cl.N#Cc1cc(Br)ccc1N[C@@H]1CN[C@H](C(=O)N2CCC[C@H]2C#N)C1. The Balaban J connectivity index is 0.00000225. The predicted octanol–water partition coefficient (Wildman–Crippen LogP) is 2.40. The van der Waals surface area contributed by atoms with E-state index >= 15 is 0 Å². The fourth-order valence-electron chi connectivity index (χ4n) is 3.35. The molecule has 1 aromatic carbocycles. The van der Waals surface area contributed by atoms with Gasteiger partial charge in [-0.3, -0.25) is 4.79 Å². The minimum atomic E-state index is -0.289. The van der Waals surface area contributed by atoms with E-state index in [1.54, 1.807) is 11.0 Å². The Hall–Kier alpha value is -1.80. The van der Waals surface area contributed by atoms with Crippen LogP contribution in [-0.2, 0) is 4.79 Å². The molecule has 25 heavy (non-hydrogen) atoms. The van der Waals surface area contributed by atoms with Crippen molar-refractivity contribution in [3.63, 3.8) is 0 Å². The van der Waals surface area contributed by atoms with E-state index in [4.69, 9.17) is 5.26 Å². The van der Waals surface area contributed by atoms with Crippen molar-refractivity contribution < 1.29 is 4.79 Å². The summed E-state index contributed by atoms with van der Waals surface area (Å²) in [4.78, 5) is 14.3. The summed E-state index contributed by atoms with van der Waals surface area (Å²) < 4.78 is 0.860. The molecule has 8 heteroatoms. The molecule has 2 fully saturated rings. The smallest absolute Gasteiger partial charge is 0.240 e. The Morgan fingerprint density at radius 2 is 2.20 bits per heavy atom. The van der Waals surface area contributed by atoms with Crippen molar-refractivity contribution in [3.05, 3.63) is 28.2 Å². The normalized spacial score (nSPS) is 24.9. The number of benzene rings is 1. The van der Waals surface area contributed by atoms with Gasteiger partial charge < -0.3 is 15.5 Å². The monoisotopic (exact) mass is 423 g/mol. The molecule has 2 aliphatic heterocycles. The van der Waals surface area contributed by atoms with Gasteiger partial charge in [0, 0.05) is 23.6 Å². The molecular formula is C17H19BrClN5O. The molecule has 0 radical (unpaired) electrons. The molecule has 132 valence electrons. The van der Waals surface area contributed by atoms with Crippen LogP contribution in [-0.4, -0.2) is 42.0 Å². The first-order chi connectivity index (χ1) is 11.6. The van der Waals surface area contributed by atoms with Gasteiger partial charge in [0.1, 0.15) is 12.1 Å². The molecule has 0 spiro atoms. The van der Waals surface area contributed by atoms with Gasteiger partial charge in [-0.15, -0.1) is 12.4 Å². The molecule has 1 aromatic rings. The molecule has 2 N–H and O–H groups in total. The van der Waals surface area contributed by atoms with Gasteiger partial charge in [-0.05, 0) is 37.5 Å². The third-order valence-electron chi connectivity index (χ3n) is 4.58. The van der Waals surface area contributed by atoms with Crippen molar-refractivity contribution >= 4 is 39.9 Å². The van der Waals surface area contributed by atoms with Crippen LogP contribution in [0, 0.1) is 22.7 Å². The van der Waals surface area contributed by atoms with Crippen LogP contribution < -0.4 is 10.6 Å². The van der Waals surface area contributed by atoms with Gasteiger partial charge in [0.2, 0.25) is 5.91 Å². The first-order valence-corrected chi connectivity index (χ1v) is 8.81. The third kappa shape index (κ3) is 4.24. The third-order valence-corrected chi connectivity index (χ3v) is 5.07. The van der Waals surface area contributed by atoms with Crippen molar-refractivity contribution in [2.24, 2.45) is 0 Å². The molecule has 0 unspecified atom stereocenters. The minimum Gasteiger partial charge on any atom is -0.380 e. The maximum absolute atomic E-state index is 12.6. The van der Waals surface area contributed by atoms with E-state index < -0.39 is 0 Å². The number of nitrogens with zero attached hydrogens (tertiary/aromatic N) is 3. The average Bonchev–Trinajstić information content (AvgIpc) is 3.24. The lowest BCUT2D eigenvalue weighted by molar-refractivity contribution is -0.133. The van der Waals surface area contributed by atoms with Gasteiger partial charge in [0.15, 0.2) is 0 Å². The van der Waals surface area contributed by atoms with E-state index in [9.17, 15) is 10.1 Å². The zero-order valence-corrected chi connectivity index (χ0v) is 15.9. The zero-order valence-electron chi connectivity index (χ0n) is 13.5. The van der Waals surface area contributed by atoms with Crippen LogP contribution in [0.4, 0.5) is 5.69 Å². The van der Waals surface area contributed by atoms with Gasteiger partial charge in [0.05, 0.1) is 23.4 Å². The van der Waals surface area contributed by atoms with Crippen molar-refractivity contribution in [2.75, 3.05) is 18.4 Å². The van der Waals surface area contributed by atoms with E-state index in [1.807, 2.05) is 12.1 Å². The molecule has 6 nitrogen and oxygen atoms in total. The number of anilines is 1. The zero-order chi connectivity index (χ0) is 17.1. The lowest BCUT2D eigenvalue weighted by Crippen LogP contribution is -2.45. The Bertz CT molecular complexity index is 729. The van der Waals surface area contributed by atoms with E-state index in [0.717, 1.165) is 23.0 Å². The standard InChI is InChI=1S/C17H18BrN5O.ClH/c18-12-3-4-15(11(6-12)8-19)22-13-7-16(21-10-13)17(24)23-5-1-2-14(23)9-20;/h3-4,6,13-14,16,21-22H,1-2,5,7,10H2;1H/t13-,14-,16-;/m0./s1. The van der Waals surface area contributed by atoms with E-state index in [-0.39, 0.29) is 36.4 Å². The van der Waals surface area contributed by atoms with Crippen molar-refractivity contribution in [1.82, 2.24) is 10.2 Å². The molecule has 3 rings (SSSR count). The van der Waals surface area contributed by atoms with Crippen LogP contribution >= 0.6 is 28.3 Å². The summed E-state index contributed by atoms with van der Waals surface area (Å²) in [6, 6.07) is 9.44. The summed E-state index contributed by atoms with van der Waals surface area (Å²) in [5.41, 5.74) is 1.35. The van der Waals surface area contributed by atoms with Gasteiger partial charge in [-0.25, -0.2) is 0 Å². The summed E-state index contributed by atoms with van der Waals surface area (Å²) in [6.07, 6.45) is 2.30. The number of halogens is 2. The molecule has 2 aliphatic rings. The van der Waals surface area contributed by atoms with Crippen LogP contribution in [0.5, 0.6) is 0 Å². The molecule has 0 aromatic heterocycles. The Morgan fingerprint density at radius 1 is 1.40 bits per heavy atom.